The Bertz CT molecular complexity index is 210. The second-order valence-electron chi connectivity index (χ2n) is 5.10. The number of fused-ring (bicyclic) bond motifs is 1. The highest BCUT2D eigenvalue weighted by Crippen LogP contribution is 2.70. The predicted molar refractivity (Wildman–Crippen MR) is 46.6 cm³/mol. The van der Waals surface area contributed by atoms with E-state index in [0.29, 0.717) is 18.3 Å². The zero-order chi connectivity index (χ0) is 9.15. The lowest BCUT2D eigenvalue weighted by Gasteiger charge is -2.22. The van der Waals surface area contributed by atoms with Crippen LogP contribution in [0.5, 0.6) is 0 Å². The third kappa shape index (κ3) is 0.775. The molecule has 4 atom stereocenters. The second-order valence-corrected chi connectivity index (χ2v) is 5.10. The van der Waals surface area contributed by atoms with Crippen LogP contribution >= 0.6 is 0 Å². The van der Waals surface area contributed by atoms with E-state index in [2.05, 4.69) is 13.8 Å². The summed E-state index contributed by atoms with van der Waals surface area (Å²) in [6.07, 6.45) is 1.30. The summed E-state index contributed by atoms with van der Waals surface area (Å²) in [6, 6.07) is 0. The maximum Gasteiger partial charge on any atom is 0.0679 e. The van der Waals surface area contributed by atoms with Gasteiger partial charge in [0.05, 0.1) is 11.7 Å². The first kappa shape index (κ1) is 8.52. The van der Waals surface area contributed by atoms with Crippen molar-refractivity contribution in [3.63, 3.8) is 0 Å². The average Bonchev–Trinajstić information content (AvgIpc) is 2.55. The van der Waals surface area contributed by atoms with Crippen LogP contribution in [-0.4, -0.2) is 21.9 Å². The summed E-state index contributed by atoms with van der Waals surface area (Å²) in [6.45, 7) is 6.15. The molecule has 0 aromatic carbocycles. The molecule has 0 saturated heterocycles. The molecule has 0 amide bonds. The average molecular weight is 170 g/mol. The summed E-state index contributed by atoms with van der Waals surface area (Å²) in [4.78, 5) is 0. The maximum absolute atomic E-state index is 9.93. The topological polar surface area (TPSA) is 40.5 Å². The minimum Gasteiger partial charge on any atom is -0.392 e. The smallest absolute Gasteiger partial charge is 0.0679 e. The van der Waals surface area contributed by atoms with Crippen molar-refractivity contribution in [1.29, 1.82) is 0 Å². The highest BCUT2D eigenvalue weighted by molar-refractivity contribution is 5.21. The van der Waals surface area contributed by atoms with E-state index < -0.39 is 5.60 Å². The Morgan fingerprint density at radius 2 is 1.92 bits per heavy atom. The lowest BCUT2D eigenvalue weighted by molar-refractivity contribution is 0.0187. The van der Waals surface area contributed by atoms with Crippen LogP contribution in [0.3, 0.4) is 0 Å². The van der Waals surface area contributed by atoms with Crippen LogP contribution in [0.25, 0.3) is 0 Å². The van der Waals surface area contributed by atoms with E-state index >= 15 is 0 Å². The third-order valence-electron chi connectivity index (χ3n) is 4.10. The first-order valence-electron chi connectivity index (χ1n) is 4.81. The van der Waals surface area contributed by atoms with Crippen molar-refractivity contribution in [3.05, 3.63) is 0 Å². The monoisotopic (exact) mass is 170 g/mol. The molecule has 2 aliphatic rings. The van der Waals surface area contributed by atoms with Gasteiger partial charge in [-0.2, -0.15) is 0 Å². The standard InChI is InChI=1S/C10H18O2/c1-6(2)10-4-7(10)9(3,12)5-8(10)11/h6-8,11-12H,4-5H2,1-3H3/t7-,8+,9+,10+/m0/s1. The van der Waals surface area contributed by atoms with Crippen LogP contribution in [0.4, 0.5) is 0 Å². The normalized spacial score (nSPS) is 57.5. The van der Waals surface area contributed by atoms with Gasteiger partial charge >= 0.3 is 0 Å². The molecule has 2 nitrogen and oxygen atoms in total. The van der Waals surface area contributed by atoms with Crippen molar-refractivity contribution in [2.45, 2.75) is 45.3 Å². The van der Waals surface area contributed by atoms with Gasteiger partial charge in [-0.1, -0.05) is 13.8 Å². The number of aliphatic hydroxyl groups is 2. The summed E-state index contributed by atoms with van der Waals surface area (Å²) in [7, 11) is 0. The summed E-state index contributed by atoms with van der Waals surface area (Å²) >= 11 is 0. The molecule has 0 unspecified atom stereocenters. The molecular weight excluding hydrogens is 152 g/mol. The lowest BCUT2D eigenvalue weighted by Crippen LogP contribution is -2.26. The largest absolute Gasteiger partial charge is 0.392 e. The second kappa shape index (κ2) is 2.05. The van der Waals surface area contributed by atoms with Crippen molar-refractivity contribution in [2.75, 3.05) is 0 Å². The Balaban J connectivity index is 2.25. The number of rotatable bonds is 1. The van der Waals surface area contributed by atoms with Crippen LogP contribution in [0.2, 0.25) is 0 Å². The van der Waals surface area contributed by atoms with Gasteiger partial charge in [0.2, 0.25) is 0 Å². The van der Waals surface area contributed by atoms with Crippen molar-refractivity contribution < 1.29 is 10.2 Å². The van der Waals surface area contributed by atoms with Crippen LogP contribution in [-0.2, 0) is 0 Å². The van der Waals surface area contributed by atoms with Crippen molar-refractivity contribution >= 4 is 0 Å². The minimum absolute atomic E-state index is 0.0590. The highest BCUT2D eigenvalue weighted by atomic mass is 16.3. The van der Waals surface area contributed by atoms with Crippen LogP contribution in [0.15, 0.2) is 0 Å². The first-order valence-corrected chi connectivity index (χ1v) is 4.81. The Morgan fingerprint density at radius 3 is 2.08 bits per heavy atom. The minimum atomic E-state index is -0.607. The van der Waals surface area contributed by atoms with Gasteiger partial charge in [0.1, 0.15) is 0 Å². The van der Waals surface area contributed by atoms with E-state index in [0.717, 1.165) is 6.42 Å². The molecule has 0 aromatic heterocycles. The van der Waals surface area contributed by atoms with Gasteiger partial charge in [0.25, 0.3) is 0 Å². The van der Waals surface area contributed by atoms with E-state index in [1.54, 1.807) is 0 Å². The predicted octanol–water partition coefficient (Wildman–Crippen LogP) is 1.16. The van der Waals surface area contributed by atoms with Gasteiger partial charge in [-0.25, -0.2) is 0 Å². The van der Waals surface area contributed by atoms with Crippen molar-refractivity contribution in [1.82, 2.24) is 0 Å². The molecule has 2 N–H and O–H groups in total. The maximum atomic E-state index is 9.93. The van der Waals surface area contributed by atoms with Crippen LogP contribution in [0.1, 0.15) is 33.6 Å². The number of aliphatic hydroxyl groups excluding tert-OH is 1. The summed E-state index contributed by atoms with van der Waals surface area (Å²) in [5.41, 5.74) is -0.548. The molecule has 2 aliphatic carbocycles. The highest BCUT2D eigenvalue weighted by Gasteiger charge is 2.71. The molecule has 0 bridgehead atoms. The van der Waals surface area contributed by atoms with Gasteiger partial charge in [-0.05, 0) is 25.2 Å². The van der Waals surface area contributed by atoms with E-state index in [-0.39, 0.29) is 11.5 Å². The Kier molecular flexibility index (Phi) is 1.45. The Hall–Kier alpha value is -0.0800. The summed E-state index contributed by atoms with van der Waals surface area (Å²) < 4.78 is 0. The molecule has 2 saturated carbocycles. The zero-order valence-corrected chi connectivity index (χ0v) is 8.04. The lowest BCUT2D eigenvalue weighted by atomic mass is 9.88. The Labute approximate surface area is 73.6 Å². The summed E-state index contributed by atoms with van der Waals surface area (Å²) in [5, 5.41) is 19.8. The molecule has 2 rings (SSSR count). The molecule has 0 aromatic rings. The van der Waals surface area contributed by atoms with Crippen LogP contribution < -0.4 is 0 Å². The quantitative estimate of drug-likeness (QED) is 0.620. The van der Waals surface area contributed by atoms with E-state index in [9.17, 15) is 10.2 Å². The third-order valence-corrected chi connectivity index (χ3v) is 4.10. The molecule has 70 valence electrons. The molecule has 0 radical (unpaired) electrons. The molecule has 0 aliphatic heterocycles. The number of hydrogen-bond acceptors (Lipinski definition) is 2. The van der Waals surface area contributed by atoms with Gasteiger partial charge in [0.15, 0.2) is 0 Å². The van der Waals surface area contributed by atoms with E-state index in [1.165, 1.54) is 0 Å². The Morgan fingerprint density at radius 1 is 1.33 bits per heavy atom. The van der Waals surface area contributed by atoms with Crippen molar-refractivity contribution in [3.8, 4) is 0 Å². The van der Waals surface area contributed by atoms with Crippen molar-refractivity contribution in [2.24, 2.45) is 17.3 Å². The fourth-order valence-corrected chi connectivity index (χ4v) is 3.21. The zero-order valence-electron chi connectivity index (χ0n) is 8.04. The first-order chi connectivity index (χ1) is 5.41. The van der Waals surface area contributed by atoms with E-state index in [4.69, 9.17) is 0 Å². The van der Waals surface area contributed by atoms with Gasteiger partial charge < -0.3 is 10.2 Å². The molecule has 12 heavy (non-hydrogen) atoms. The SMILES string of the molecule is CC(C)[C@]12C[C@H]1[C@](C)(O)C[C@H]2O. The van der Waals surface area contributed by atoms with Crippen LogP contribution in [0, 0.1) is 17.3 Å². The molecule has 2 fully saturated rings. The van der Waals surface area contributed by atoms with Gasteiger partial charge in [-0.3, -0.25) is 0 Å². The van der Waals surface area contributed by atoms with Gasteiger partial charge in [-0.15, -0.1) is 0 Å². The van der Waals surface area contributed by atoms with Gasteiger partial charge in [0, 0.05) is 11.8 Å². The molecule has 0 heterocycles. The number of hydrogen-bond donors (Lipinski definition) is 2. The summed E-state index contributed by atoms with van der Waals surface area (Å²) in [5.74, 6) is 0.839. The fraction of sp³-hybridized carbons (Fsp3) is 1.00. The molecular formula is C10H18O2. The molecule has 0 spiro atoms. The van der Waals surface area contributed by atoms with E-state index in [1.807, 2.05) is 6.92 Å². The molecule has 2 heteroatoms. The fourth-order valence-electron chi connectivity index (χ4n) is 3.21.